The molecule has 0 aliphatic carbocycles. The van der Waals surface area contributed by atoms with E-state index in [1.54, 1.807) is 30.1 Å². The van der Waals surface area contributed by atoms with Gasteiger partial charge in [0.1, 0.15) is 11.5 Å². The highest BCUT2D eigenvalue weighted by atomic mass is 35.5. The molecule has 1 heterocycles. The number of hydrogen-bond donors (Lipinski definition) is 2. The van der Waals surface area contributed by atoms with E-state index in [9.17, 15) is 4.39 Å². The molecule has 1 atom stereocenters. The second-order valence-electron chi connectivity index (χ2n) is 4.59. The first-order valence-electron chi connectivity index (χ1n) is 6.63. The maximum absolute atomic E-state index is 14.2. The van der Waals surface area contributed by atoms with Crippen molar-refractivity contribution >= 4 is 11.6 Å². The highest BCUT2D eigenvalue weighted by Crippen LogP contribution is 2.31. The second-order valence-corrected chi connectivity index (χ2v) is 5.02. The van der Waals surface area contributed by atoms with Gasteiger partial charge in [-0.3, -0.25) is 10.5 Å². The van der Waals surface area contributed by atoms with E-state index in [0.717, 1.165) is 6.42 Å². The number of ether oxygens (including phenoxy) is 1. The molecule has 2 aromatic rings. The quantitative estimate of drug-likeness (QED) is 0.636. The van der Waals surface area contributed by atoms with Crippen molar-refractivity contribution in [1.82, 2.24) is 15.2 Å². The molecule has 0 saturated carbocycles. The predicted octanol–water partition coefficient (Wildman–Crippen LogP) is 2.65. The largest absolute Gasteiger partial charge is 0.493 e. The molecule has 0 aliphatic rings. The van der Waals surface area contributed by atoms with Gasteiger partial charge in [-0.05, 0) is 18.6 Å². The third-order valence-corrected chi connectivity index (χ3v) is 3.45. The number of rotatable bonds is 6. The molecule has 3 N–H and O–H groups in total. The third kappa shape index (κ3) is 3.18. The van der Waals surface area contributed by atoms with Crippen molar-refractivity contribution in [3.8, 4) is 5.75 Å². The molecule has 0 aliphatic heterocycles. The summed E-state index contributed by atoms with van der Waals surface area (Å²) in [6.07, 6.45) is 2.49. The number of methoxy groups -OCH3 is 1. The summed E-state index contributed by atoms with van der Waals surface area (Å²) in [5, 5.41) is 4.60. The lowest BCUT2D eigenvalue weighted by Crippen LogP contribution is -2.31. The molecule has 1 aromatic carbocycles. The van der Waals surface area contributed by atoms with E-state index in [-0.39, 0.29) is 0 Å². The Kier molecular flexibility index (Phi) is 5.17. The Balaban J connectivity index is 2.52. The van der Waals surface area contributed by atoms with Crippen LogP contribution in [0.4, 0.5) is 4.39 Å². The molecule has 2 rings (SSSR count). The van der Waals surface area contributed by atoms with Crippen LogP contribution >= 0.6 is 11.6 Å². The molecule has 0 spiro atoms. The molecule has 21 heavy (non-hydrogen) atoms. The van der Waals surface area contributed by atoms with Crippen molar-refractivity contribution in [3.05, 3.63) is 46.5 Å². The molecule has 114 valence electrons. The first kappa shape index (κ1) is 15.8. The molecule has 0 radical (unpaired) electrons. The molecule has 0 amide bonds. The van der Waals surface area contributed by atoms with Crippen LogP contribution < -0.4 is 16.0 Å². The average Bonchev–Trinajstić information content (AvgIpc) is 2.85. The van der Waals surface area contributed by atoms with Crippen LogP contribution in [0.15, 0.2) is 24.4 Å². The Hall–Kier alpha value is -1.63. The van der Waals surface area contributed by atoms with Crippen molar-refractivity contribution in [2.75, 3.05) is 7.11 Å². The molecule has 0 bridgehead atoms. The third-order valence-electron chi connectivity index (χ3n) is 3.21. The SMILES string of the molecule is CCCn1ncc(OC)c1C(NN)c1ccc(Cl)cc1F. The zero-order valence-electron chi connectivity index (χ0n) is 11.9. The number of hydrogen-bond acceptors (Lipinski definition) is 4. The van der Waals surface area contributed by atoms with E-state index in [4.69, 9.17) is 22.2 Å². The van der Waals surface area contributed by atoms with Crippen molar-refractivity contribution in [3.63, 3.8) is 0 Å². The van der Waals surface area contributed by atoms with Crippen molar-refractivity contribution in [1.29, 1.82) is 0 Å². The lowest BCUT2D eigenvalue weighted by atomic mass is 10.0. The molecule has 0 saturated heterocycles. The molecule has 1 aromatic heterocycles. The Morgan fingerprint density at radius 3 is 2.86 bits per heavy atom. The second kappa shape index (κ2) is 6.89. The van der Waals surface area contributed by atoms with Crippen LogP contribution in [0.25, 0.3) is 0 Å². The highest BCUT2D eigenvalue weighted by molar-refractivity contribution is 6.30. The van der Waals surface area contributed by atoms with Crippen LogP contribution in [-0.4, -0.2) is 16.9 Å². The summed E-state index contributed by atoms with van der Waals surface area (Å²) in [6, 6.07) is 3.91. The van der Waals surface area contributed by atoms with Gasteiger partial charge < -0.3 is 4.74 Å². The van der Waals surface area contributed by atoms with Crippen molar-refractivity contribution < 1.29 is 9.13 Å². The number of aromatic nitrogens is 2. The summed E-state index contributed by atoms with van der Waals surface area (Å²) < 4.78 is 21.3. The number of aryl methyl sites for hydroxylation is 1. The van der Waals surface area contributed by atoms with Crippen LogP contribution in [-0.2, 0) is 6.54 Å². The van der Waals surface area contributed by atoms with E-state index in [0.29, 0.717) is 28.6 Å². The van der Waals surface area contributed by atoms with Crippen LogP contribution in [0.2, 0.25) is 5.02 Å². The smallest absolute Gasteiger partial charge is 0.161 e. The Morgan fingerprint density at radius 1 is 1.52 bits per heavy atom. The van der Waals surface area contributed by atoms with E-state index in [1.807, 2.05) is 6.92 Å². The summed E-state index contributed by atoms with van der Waals surface area (Å²) in [5.74, 6) is 5.77. The topological polar surface area (TPSA) is 65.1 Å². The fraction of sp³-hybridized carbons (Fsp3) is 0.357. The molecule has 1 unspecified atom stereocenters. The first-order valence-corrected chi connectivity index (χ1v) is 7.00. The van der Waals surface area contributed by atoms with Gasteiger partial charge >= 0.3 is 0 Å². The molecule has 7 heteroatoms. The van der Waals surface area contributed by atoms with Gasteiger partial charge in [-0.1, -0.05) is 24.6 Å². The number of nitrogens with zero attached hydrogens (tertiary/aromatic N) is 2. The van der Waals surface area contributed by atoms with Crippen LogP contribution in [0.5, 0.6) is 5.75 Å². The highest BCUT2D eigenvalue weighted by Gasteiger charge is 2.25. The fourth-order valence-corrected chi connectivity index (χ4v) is 2.43. The minimum atomic E-state index is -0.578. The van der Waals surface area contributed by atoms with Gasteiger partial charge in [0.25, 0.3) is 0 Å². The number of nitrogens with one attached hydrogen (secondary N) is 1. The maximum Gasteiger partial charge on any atom is 0.161 e. The standard InChI is InChI=1S/C14H18ClFN4O/c1-3-6-20-14(12(21-2)8-18-20)13(19-17)10-5-4-9(15)7-11(10)16/h4-5,7-8,13,19H,3,6,17H2,1-2H3. The van der Waals surface area contributed by atoms with Gasteiger partial charge in [0.05, 0.1) is 19.3 Å². The lowest BCUT2D eigenvalue weighted by molar-refractivity contribution is 0.396. The Bertz CT molecular complexity index is 617. The Labute approximate surface area is 127 Å². The average molecular weight is 313 g/mol. The molecule has 0 fully saturated rings. The minimum absolute atomic E-state index is 0.334. The number of nitrogens with two attached hydrogens (primary N) is 1. The van der Waals surface area contributed by atoms with Gasteiger partial charge in [-0.15, -0.1) is 0 Å². The van der Waals surface area contributed by atoms with E-state index in [2.05, 4.69) is 10.5 Å². The van der Waals surface area contributed by atoms with Gasteiger partial charge in [0, 0.05) is 17.1 Å². The fourth-order valence-electron chi connectivity index (χ4n) is 2.27. The van der Waals surface area contributed by atoms with Crippen molar-refractivity contribution in [2.45, 2.75) is 25.9 Å². The van der Waals surface area contributed by atoms with Gasteiger partial charge in [-0.25, -0.2) is 9.82 Å². The van der Waals surface area contributed by atoms with Gasteiger partial charge in [0.2, 0.25) is 0 Å². The number of halogens is 2. The monoisotopic (exact) mass is 312 g/mol. The lowest BCUT2D eigenvalue weighted by Gasteiger charge is -2.20. The van der Waals surface area contributed by atoms with E-state index >= 15 is 0 Å². The molecular formula is C14H18ClFN4O. The summed E-state index contributed by atoms with van der Waals surface area (Å²) in [6.45, 7) is 2.72. The molecular weight excluding hydrogens is 295 g/mol. The van der Waals surface area contributed by atoms with Crippen LogP contribution in [0.1, 0.15) is 30.6 Å². The Morgan fingerprint density at radius 2 is 2.29 bits per heavy atom. The van der Waals surface area contributed by atoms with Gasteiger partial charge in [0.15, 0.2) is 5.75 Å². The summed E-state index contributed by atoms with van der Waals surface area (Å²) in [7, 11) is 1.54. The van der Waals surface area contributed by atoms with Crippen molar-refractivity contribution in [2.24, 2.45) is 5.84 Å². The summed E-state index contributed by atoms with van der Waals surface area (Å²) >= 11 is 5.80. The van der Waals surface area contributed by atoms with Gasteiger partial charge in [-0.2, -0.15) is 5.10 Å². The zero-order chi connectivity index (χ0) is 15.4. The van der Waals surface area contributed by atoms with Crippen LogP contribution in [0, 0.1) is 5.82 Å². The predicted molar refractivity (Wildman–Crippen MR) is 79.6 cm³/mol. The minimum Gasteiger partial charge on any atom is -0.493 e. The maximum atomic E-state index is 14.2. The van der Waals surface area contributed by atoms with E-state index in [1.165, 1.54) is 6.07 Å². The zero-order valence-corrected chi connectivity index (χ0v) is 12.7. The van der Waals surface area contributed by atoms with Crippen LogP contribution in [0.3, 0.4) is 0 Å². The number of hydrazine groups is 1. The van der Waals surface area contributed by atoms with E-state index < -0.39 is 11.9 Å². The number of benzene rings is 1. The normalized spacial score (nSPS) is 12.4. The summed E-state index contributed by atoms with van der Waals surface area (Å²) in [5.41, 5.74) is 3.70. The summed E-state index contributed by atoms with van der Waals surface area (Å²) in [4.78, 5) is 0. The first-order chi connectivity index (χ1) is 10.1. The molecule has 5 nitrogen and oxygen atoms in total.